The van der Waals surface area contributed by atoms with Crippen LogP contribution in [0.3, 0.4) is 0 Å². The van der Waals surface area contributed by atoms with Gasteiger partial charge in [-0.05, 0) is 35.6 Å². The molecule has 23 heavy (non-hydrogen) atoms. The van der Waals surface area contributed by atoms with Gasteiger partial charge in [-0.25, -0.2) is 0 Å². The van der Waals surface area contributed by atoms with E-state index in [9.17, 15) is 4.79 Å². The highest BCUT2D eigenvalue weighted by Gasteiger charge is 2.19. The van der Waals surface area contributed by atoms with E-state index in [0.717, 1.165) is 18.6 Å². The summed E-state index contributed by atoms with van der Waals surface area (Å²) in [5, 5.41) is 2.55. The van der Waals surface area contributed by atoms with Crippen LogP contribution in [0.2, 0.25) is 0 Å². The molecule has 1 aromatic carbocycles. The van der Waals surface area contributed by atoms with Gasteiger partial charge in [-0.3, -0.25) is 9.78 Å². The van der Waals surface area contributed by atoms with E-state index in [1.54, 1.807) is 25.4 Å². The number of benzene rings is 1. The fourth-order valence-electron chi connectivity index (χ4n) is 2.61. The van der Waals surface area contributed by atoms with Crippen LogP contribution in [0.1, 0.15) is 49.7 Å². The number of nitrogens with one attached hydrogen (secondary N) is 1. The molecule has 1 heterocycles. The van der Waals surface area contributed by atoms with Crippen molar-refractivity contribution in [1.82, 2.24) is 10.3 Å². The third-order valence-electron chi connectivity index (χ3n) is 3.94. The highest BCUT2D eigenvalue weighted by molar-refractivity contribution is 5.92. The summed E-state index contributed by atoms with van der Waals surface area (Å²) in [5.41, 5.74) is 1.80. The van der Waals surface area contributed by atoms with Crippen LogP contribution in [0.15, 0.2) is 42.6 Å². The van der Waals surface area contributed by atoms with Gasteiger partial charge in [-0.15, -0.1) is 0 Å². The third-order valence-corrected chi connectivity index (χ3v) is 3.94. The Morgan fingerprint density at radius 2 is 1.87 bits per heavy atom. The van der Waals surface area contributed by atoms with Crippen molar-refractivity contribution in [1.29, 1.82) is 0 Å². The molecule has 0 bridgehead atoms. The van der Waals surface area contributed by atoms with Crippen molar-refractivity contribution in [3.8, 4) is 11.5 Å². The Hall–Kier alpha value is -2.36. The third kappa shape index (κ3) is 4.31. The van der Waals surface area contributed by atoms with E-state index in [0.29, 0.717) is 11.4 Å². The van der Waals surface area contributed by atoms with E-state index in [1.165, 1.54) is 5.56 Å². The molecule has 4 nitrogen and oxygen atoms in total. The molecule has 0 aliphatic rings. The van der Waals surface area contributed by atoms with E-state index in [-0.39, 0.29) is 11.3 Å². The van der Waals surface area contributed by atoms with Crippen molar-refractivity contribution in [3.63, 3.8) is 0 Å². The second kappa shape index (κ2) is 7.27. The normalized spacial score (nSPS) is 11.1. The number of hydrogen-bond donors (Lipinski definition) is 1. The zero-order valence-electron chi connectivity index (χ0n) is 14.2. The SMILES string of the molecule is CCCC(C)(C)c1ccc(Oc2ccnc(C(=O)NC)c2)cc1. The van der Waals surface area contributed by atoms with Crippen molar-refractivity contribution in [2.24, 2.45) is 0 Å². The minimum absolute atomic E-state index is 0.163. The monoisotopic (exact) mass is 312 g/mol. The molecule has 0 aliphatic carbocycles. The Labute approximate surface area is 137 Å². The molecule has 122 valence electrons. The molecule has 0 atom stereocenters. The molecular formula is C19H24N2O2. The molecule has 0 unspecified atom stereocenters. The van der Waals surface area contributed by atoms with Crippen LogP contribution in [-0.4, -0.2) is 17.9 Å². The molecule has 2 rings (SSSR count). The topological polar surface area (TPSA) is 51.2 Å². The van der Waals surface area contributed by atoms with Crippen molar-refractivity contribution in [2.45, 2.75) is 39.0 Å². The molecule has 4 heteroatoms. The molecule has 0 aliphatic heterocycles. The molecule has 0 saturated heterocycles. The Kier molecular flexibility index (Phi) is 5.37. The zero-order chi connectivity index (χ0) is 16.9. The van der Waals surface area contributed by atoms with E-state index >= 15 is 0 Å². The van der Waals surface area contributed by atoms with E-state index in [1.807, 2.05) is 12.1 Å². The molecular weight excluding hydrogens is 288 g/mol. The van der Waals surface area contributed by atoms with Crippen molar-refractivity contribution in [2.75, 3.05) is 7.05 Å². The number of amides is 1. The number of rotatable bonds is 6. The summed E-state index contributed by atoms with van der Waals surface area (Å²) in [6.45, 7) is 6.71. The van der Waals surface area contributed by atoms with E-state index in [4.69, 9.17) is 4.74 Å². The largest absolute Gasteiger partial charge is 0.457 e. The van der Waals surface area contributed by atoms with E-state index in [2.05, 4.69) is 43.2 Å². The van der Waals surface area contributed by atoms with E-state index < -0.39 is 0 Å². The molecule has 0 radical (unpaired) electrons. The van der Waals surface area contributed by atoms with Crippen LogP contribution in [0.5, 0.6) is 11.5 Å². The van der Waals surface area contributed by atoms with Gasteiger partial charge in [0.15, 0.2) is 0 Å². The first-order valence-corrected chi connectivity index (χ1v) is 7.93. The summed E-state index contributed by atoms with van der Waals surface area (Å²) < 4.78 is 5.82. The first kappa shape index (κ1) is 17.0. The highest BCUT2D eigenvalue weighted by Crippen LogP contribution is 2.30. The summed E-state index contributed by atoms with van der Waals surface area (Å²) in [6.07, 6.45) is 3.87. The lowest BCUT2D eigenvalue weighted by Gasteiger charge is -2.24. The predicted octanol–water partition coefficient (Wildman–Crippen LogP) is 4.31. The maximum Gasteiger partial charge on any atom is 0.269 e. The number of carbonyl (C=O) groups is 1. The maximum atomic E-state index is 11.6. The van der Waals surface area contributed by atoms with Crippen LogP contribution < -0.4 is 10.1 Å². The molecule has 1 aromatic heterocycles. The summed E-state index contributed by atoms with van der Waals surface area (Å²) in [6, 6.07) is 11.5. The number of carbonyl (C=O) groups excluding carboxylic acids is 1. The first-order chi connectivity index (χ1) is 11.0. The highest BCUT2D eigenvalue weighted by atomic mass is 16.5. The van der Waals surface area contributed by atoms with Gasteiger partial charge in [-0.2, -0.15) is 0 Å². The fraction of sp³-hybridized carbons (Fsp3) is 0.368. The minimum Gasteiger partial charge on any atom is -0.457 e. The number of hydrogen-bond acceptors (Lipinski definition) is 3. The minimum atomic E-state index is -0.230. The summed E-state index contributed by atoms with van der Waals surface area (Å²) in [4.78, 5) is 15.6. The van der Waals surface area contributed by atoms with Gasteiger partial charge in [0, 0.05) is 19.3 Å². The lowest BCUT2D eigenvalue weighted by molar-refractivity contribution is 0.0958. The van der Waals surface area contributed by atoms with Gasteiger partial charge in [-0.1, -0.05) is 39.3 Å². The molecule has 2 aromatic rings. The van der Waals surface area contributed by atoms with Crippen molar-refractivity contribution >= 4 is 5.91 Å². The Morgan fingerprint density at radius 1 is 1.17 bits per heavy atom. The van der Waals surface area contributed by atoms with Gasteiger partial charge < -0.3 is 10.1 Å². The van der Waals surface area contributed by atoms with Gasteiger partial charge in [0.05, 0.1) is 0 Å². The van der Waals surface area contributed by atoms with Crippen molar-refractivity contribution < 1.29 is 9.53 Å². The average molecular weight is 312 g/mol. The molecule has 0 fully saturated rings. The predicted molar refractivity (Wildman–Crippen MR) is 92.1 cm³/mol. The second-order valence-electron chi connectivity index (χ2n) is 6.22. The second-order valence-corrected chi connectivity index (χ2v) is 6.22. The number of nitrogens with zero attached hydrogens (tertiary/aromatic N) is 1. The van der Waals surface area contributed by atoms with Crippen LogP contribution in [0.25, 0.3) is 0 Å². The maximum absolute atomic E-state index is 11.6. The molecule has 1 amide bonds. The van der Waals surface area contributed by atoms with Crippen LogP contribution in [0.4, 0.5) is 0 Å². The molecule has 0 spiro atoms. The summed E-state index contributed by atoms with van der Waals surface area (Å²) >= 11 is 0. The zero-order valence-corrected chi connectivity index (χ0v) is 14.2. The summed E-state index contributed by atoms with van der Waals surface area (Å²) in [7, 11) is 1.58. The van der Waals surface area contributed by atoms with Gasteiger partial charge in [0.2, 0.25) is 0 Å². The average Bonchev–Trinajstić information content (AvgIpc) is 2.55. The standard InChI is InChI=1S/C19H24N2O2/c1-5-11-19(2,3)14-6-8-15(9-7-14)23-16-10-12-21-17(13-16)18(22)20-4/h6-10,12-13H,5,11H2,1-4H3,(H,20,22). The Balaban J connectivity index is 2.14. The van der Waals surface area contributed by atoms with Gasteiger partial charge in [0.1, 0.15) is 17.2 Å². The Morgan fingerprint density at radius 3 is 2.48 bits per heavy atom. The fourth-order valence-corrected chi connectivity index (χ4v) is 2.61. The lowest BCUT2D eigenvalue weighted by atomic mass is 9.81. The van der Waals surface area contributed by atoms with Crippen LogP contribution in [0, 0.1) is 0 Å². The molecule has 1 N–H and O–H groups in total. The molecule has 0 saturated carbocycles. The van der Waals surface area contributed by atoms with Gasteiger partial charge >= 0.3 is 0 Å². The Bertz CT molecular complexity index is 663. The first-order valence-electron chi connectivity index (χ1n) is 7.93. The number of aromatic nitrogens is 1. The van der Waals surface area contributed by atoms with Gasteiger partial charge in [0.25, 0.3) is 5.91 Å². The quantitative estimate of drug-likeness (QED) is 0.864. The van der Waals surface area contributed by atoms with Crippen LogP contribution >= 0.6 is 0 Å². The van der Waals surface area contributed by atoms with Crippen molar-refractivity contribution in [3.05, 3.63) is 53.9 Å². The summed E-state index contributed by atoms with van der Waals surface area (Å²) in [5.74, 6) is 1.11. The smallest absolute Gasteiger partial charge is 0.269 e. The number of pyridine rings is 1. The van der Waals surface area contributed by atoms with Crippen LogP contribution in [-0.2, 0) is 5.41 Å². The lowest BCUT2D eigenvalue weighted by Crippen LogP contribution is -2.18. The number of ether oxygens (including phenoxy) is 1.